The average Bonchev–Trinajstić information content (AvgIpc) is 2.93. The fraction of sp³-hybridized carbons (Fsp3) is 0.316. The van der Waals surface area contributed by atoms with Gasteiger partial charge < -0.3 is 14.8 Å². The van der Waals surface area contributed by atoms with E-state index in [-0.39, 0.29) is 12.2 Å². The van der Waals surface area contributed by atoms with Gasteiger partial charge in [-0.25, -0.2) is 9.78 Å². The second-order valence-electron chi connectivity index (χ2n) is 6.60. The Balaban J connectivity index is 1.80. The fourth-order valence-corrected chi connectivity index (χ4v) is 3.01. The van der Waals surface area contributed by atoms with Gasteiger partial charge in [0.15, 0.2) is 0 Å². The minimum Gasteiger partial charge on any atom is -0.475 e. The number of benzene rings is 1. The SMILES string of the molecule is COCCOc1cc(CN2C(=O)N[C@@](C)(c3cccc([N+](=O)[O-])c3)C2=O)ccn1. The predicted octanol–water partition coefficient (Wildman–Crippen LogP) is 1.98. The van der Waals surface area contributed by atoms with Crippen molar-refractivity contribution in [3.05, 3.63) is 63.8 Å². The van der Waals surface area contributed by atoms with Crippen LogP contribution in [0.2, 0.25) is 0 Å². The summed E-state index contributed by atoms with van der Waals surface area (Å²) in [5.74, 6) is -0.144. The lowest BCUT2D eigenvalue weighted by molar-refractivity contribution is -0.385. The normalized spacial score (nSPS) is 18.6. The van der Waals surface area contributed by atoms with Crippen molar-refractivity contribution in [3.63, 3.8) is 0 Å². The maximum Gasteiger partial charge on any atom is 0.325 e. The first-order chi connectivity index (χ1) is 13.8. The van der Waals surface area contributed by atoms with Crippen LogP contribution in [0, 0.1) is 10.1 Å². The van der Waals surface area contributed by atoms with Crippen LogP contribution in [0.1, 0.15) is 18.1 Å². The van der Waals surface area contributed by atoms with Gasteiger partial charge in [-0.15, -0.1) is 0 Å². The van der Waals surface area contributed by atoms with Crippen molar-refractivity contribution >= 4 is 17.6 Å². The number of carbonyl (C=O) groups is 2. The molecule has 1 fully saturated rings. The first-order valence-corrected chi connectivity index (χ1v) is 8.81. The van der Waals surface area contributed by atoms with E-state index in [1.54, 1.807) is 25.3 Å². The summed E-state index contributed by atoms with van der Waals surface area (Å²) in [5, 5.41) is 13.7. The molecule has 0 saturated carbocycles. The predicted molar refractivity (Wildman–Crippen MR) is 101 cm³/mol. The number of hydrogen-bond donors (Lipinski definition) is 1. The van der Waals surface area contributed by atoms with Crippen LogP contribution in [0.25, 0.3) is 0 Å². The first-order valence-electron chi connectivity index (χ1n) is 8.81. The molecule has 10 nitrogen and oxygen atoms in total. The molecule has 1 aromatic heterocycles. The van der Waals surface area contributed by atoms with E-state index in [2.05, 4.69) is 10.3 Å². The van der Waals surface area contributed by atoms with Crippen molar-refractivity contribution in [1.82, 2.24) is 15.2 Å². The number of hydrogen-bond acceptors (Lipinski definition) is 7. The van der Waals surface area contributed by atoms with E-state index >= 15 is 0 Å². The van der Waals surface area contributed by atoms with Crippen LogP contribution in [-0.4, -0.2) is 47.1 Å². The number of carbonyl (C=O) groups excluding carboxylic acids is 2. The Bertz CT molecular complexity index is 950. The molecule has 10 heteroatoms. The lowest BCUT2D eigenvalue weighted by Crippen LogP contribution is -2.40. The zero-order chi connectivity index (χ0) is 21.0. The van der Waals surface area contributed by atoms with Crippen molar-refractivity contribution in [2.75, 3.05) is 20.3 Å². The maximum atomic E-state index is 13.0. The smallest absolute Gasteiger partial charge is 0.325 e. The molecule has 152 valence electrons. The molecule has 1 aliphatic heterocycles. The summed E-state index contributed by atoms with van der Waals surface area (Å²) >= 11 is 0. The summed E-state index contributed by atoms with van der Waals surface area (Å²) in [6.45, 7) is 2.26. The highest BCUT2D eigenvalue weighted by molar-refractivity contribution is 6.07. The number of nitrogens with zero attached hydrogens (tertiary/aromatic N) is 3. The first kappa shape index (κ1) is 20.2. The number of ether oxygens (including phenoxy) is 2. The van der Waals surface area contributed by atoms with Crippen molar-refractivity contribution in [2.45, 2.75) is 19.0 Å². The molecular weight excluding hydrogens is 380 g/mol. The van der Waals surface area contributed by atoms with E-state index in [1.807, 2.05) is 0 Å². The molecule has 1 saturated heterocycles. The molecule has 0 aliphatic carbocycles. The lowest BCUT2D eigenvalue weighted by Gasteiger charge is -2.22. The zero-order valence-electron chi connectivity index (χ0n) is 16.0. The van der Waals surface area contributed by atoms with E-state index in [0.29, 0.717) is 30.2 Å². The number of non-ortho nitro benzene ring substituents is 1. The highest BCUT2D eigenvalue weighted by Gasteiger charge is 2.49. The number of nitro benzene ring substituents is 1. The van der Waals surface area contributed by atoms with Gasteiger partial charge in [-0.3, -0.25) is 19.8 Å². The summed E-state index contributed by atoms with van der Waals surface area (Å²) in [7, 11) is 1.56. The number of rotatable bonds is 8. The quantitative estimate of drug-likeness (QED) is 0.311. The third-order valence-corrected chi connectivity index (χ3v) is 4.59. The van der Waals surface area contributed by atoms with Gasteiger partial charge in [0.1, 0.15) is 12.1 Å². The van der Waals surface area contributed by atoms with E-state index in [1.165, 1.54) is 31.3 Å². The Hall–Kier alpha value is -3.53. The number of imide groups is 1. The molecule has 1 aliphatic rings. The molecular formula is C19H20N4O6. The monoisotopic (exact) mass is 400 g/mol. The Morgan fingerprint density at radius 2 is 2.03 bits per heavy atom. The van der Waals surface area contributed by atoms with Crippen LogP contribution < -0.4 is 10.1 Å². The van der Waals surface area contributed by atoms with E-state index < -0.39 is 22.4 Å². The molecule has 1 N–H and O–H groups in total. The standard InChI is InChI=1S/C19H20N4O6/c1-19(14-4-3-5-15(11-14)23(26)27)17(24)22(18(25)21-19)12-13-6-7-20-16(10-13)29-9-8-28-2/h3-7,10-11H,8-9,12H2,1-2H3,(H,21,25)/t19-/m0/s1. The van der Waals surface area contributed by atoms with Gasteiger partial charge in [-0.2, -0.15) is 0 Å². The Morgan fingerprint density at radius 3 is 2.76 bits per heavy atom. The van der Waals surface area contributed by atoms with Crippen LogP contribution in [0.3, 0.4) is 0 Å². The molecule has 0 unspecified atom stereocenters. The second kappa shape index (κ2) is 8.23. The van der Waals surface area contributed by atoms with Crippen molar-refractivity contribution in [3.8, 4) is 5.88 Å². The van der Waals surface area contributed by atoms with Gasteiger partial charge in [-0.05, 0) is 24.1 Å². The average molecular weight is 400 g/mol. The van der Waals surface area contributed by atoms with Gasteiger partial charge in [0, 0.05) is 31.5 Å². The molecule has 29 heavy (non-hydrogen) atoms. The summed E-state index contributed by atoms with van der Waals surface area (Å²) in [4.78, 5) is 41.2. The summed E-state index contributed by atoms with van der Waals surface area (Å²) in [5.41, 5.74) is -0.560. The van der Waals surface area contributed by atoms with Crippen molar-refractivity contribution in [2.24, 2.45) is 0 Å². The fourth-order valence-electron chi connectivity index (χ4n) is 3.01. The Morgan fingerprint density at radius 1 is 1.24 bits per heavy atom. The minimum absolute atomic E-state index is 0.0122. The molecule has 1 aromatic carbocycles. The van der Waals surface area contributed by atoms with Crippen LogP contribution >= 0.6 is 0 Å². The molecule has 3 amide bonds. The van der Waals surface area contributed by atoms with Crippen LogP contribution in [0.5, 0.6) is 5.88 Å². The molecule has 2 aromatic rings. The lowest BCUT2D eigenvalue weighted by atomic mass is 9.91. The number of nitrogens with one attached hydrogen (secondary N) is 1. The highest BCUT2D eigenvalue weighted by Crippen LogP contribution is 2.31. The zero-order valence-corrected chi connectivity index (χ0v) is 16.0. The third-order valence-electron chi connectivity index (χ3n) is 4.59. The molecule has 0 bridgehead atoms. The van der Waals surface area contributed by atoms with Crippen LogP contribution in [-0.2, 0) is 21.6 Å². The van der Waals surface area contributed by atoms with E-state index in [4.69, 9.17) is 9.47 Å². The van der Waals surface area contributed by atoms with Crippen molar-refractivity contribution in [1.29, 1.82) is 0 Å². The van der Waals surface area contributed by atoms with Crippen LogP contribution in [0.15, 0.2) is 42.6 Å². The third kappa shape index (κ3) is 4.16. The highest BCUT2D eigenvalue weighted by atomic mass is 16.6. The van der Waals surface area contributed by atoms with Gasteiger partial charge in [0.2, 0.25) is 5.88 Å². The summed E-state index contributed by atoms with van der Waals surface area (Å²) in [6, 6.07) is 8.40. The topological polar surface area (TPSA) is 124 Å². The number of methoxy groups -OCH3 is 1. The molecule has 0 spiro atoms. The molecule has 3 rings (SSSR count). The molecule has 1 atom stereocenters. The number of amides is 3. The number of urea groups is 1. The van der Waals surface area contributed by atoms with Crippen molar-refractivity contribution < 1.29 is 24.0 Å². The minimum atomic E-state index is -1.39. The van der Waals surface area contributed by atoms with E-state index in [9.17, 15) is 19.7 Å². The number of pyridine rings is 1. The Labute approximate surface area is 166 Å². The second-order valence-corrected chi connectivity index (χ2v) is 6.60. The summed E-state index contributed by atoms with van der Waals surface area (Å²) in [6.07, 6.45) is 1.52. The van der Waals surface area contributed by atoms with Gasteiger partial charge in [0.05, 0.1) is 18.1 Å². The number of nitro groups is 1. The van der Waals surface area contributed by atoms with Gasteiger partial charge in [-0.1, -0.05) is 12.1 Å². The van der Waals surface area contributed by atoms with Crippen LogP contribution in [0.4, 0.5) is 10.5 Å². The maximum absolute atomic E-state index is 13.0. The van der Waals surface area contributed by atoms with E-state index in [0.717, 1.165) is 4.90 Å². The Kier molecular flexibility index (Phi) is 5.74. The summed E-state index contributed by atoms with van der Waals surface area (Å²) < 4.78 is 10.4. The van der Waals surface area contributed by atoms with Gasteiger partial charge >= 0.3 is 6.03 Å². The molecule has 0 radical (unpaired) electrons. The largest absolute Gasteiger partial charge is 0.475 e. The number of aromatic nitrogens is 1. The van der Waals surface area contributed by atoms with Gasteiger partial charge in [0.25, 0.3) is 11.6 Å². The molecule has 2 heterocycles.